The fourth-order valence-corrected chi connectivity index (χ4v) is 3.00. The first-order valence-corrected chi connectivity index (χ1v) is 7.11. The Hall–Kier alpha value is -1.06. The van der Waals surface area contributed by atoms with Gasteiger partial charge >= 0.3 is 0 Å². The van der Waals surface area contributed by atoms with Gasteiger partial charge in [-0.25, -0.2) is 0 Å². The summed E-state index contributed by atoms with van der Waals surface area (Å²) in [6, 6.07) is -0.143. The van der Waals surface area contributed by atoms with Gasteiger partial charge in [-0.15, -0.1) is 0 Å². The molecule has 1 unspecified atom stereocenters. The number of nitrogens with one attached hydrogen (secondary N) is 1. The van der Waals surface area contributed by atoms with Crippen LogP contribution in [0, 0.1) is 5.92 Å². The maximum absolute atomic E-state index is 12.8. The van der Waals surface area contributed by atoms with Crippen molar-refractivity contribution in [3.8, 4) is 0 Å². The molecule has 0 bridgehead atoms. The van der Waals surface area contributed by atoms with Crippen LogP contribution >= 0.6 is 0 Å². The molecule has 0 radical (unpaired) electrons. The number of hydrogen-bond donors (Lipinski definition) is 1. The van der Waals surface area contributed by atoms with Crippen molar-refractivity contribution >= 4 is 11.8 Å². The molecule has 2 fully saturated rings. The van der Waals surface area contributed by atoms with Crippen LogP contribution in [0.4, 0.5) is 0 Å². The van der Waals surface area contributed by atoms with Crippen LogP contribution in [0.5, 0.6) is 0 Å². The van der Waals surface area contributed by atoms with Crippen molar-refractivity contribution in [2.24, 2.45) is 5.92 Å². The van der Waals surface area contributed by atoms with Gasteiger partial charge in [0.25, 0.3) is 0 Å². The van der Waals surface area contributed by atoms with Crippen LogP contribution in [0.3, 0.4) is 0 Å². The number of piperazine rings is 1. The lowest BCUT2D eigenvalue weighted by Gasteiger charge is -2.47. The van der Waals surface area contributed by atoms with Crippen molar-refractivity contribution in [1.29, 1.82) is 0 Å². The molecule has 0 aromatic rings. The molecule has 102 valence electrons. The van der Waals surface area contributed by atoms with Crippen LogP contribution in [0.2, 0.25) is 0 Å². The molecule has 1 heterocycles. The Morgan fingerprint density at radius 1 is 1.28 bits per heavy atom. The normalized spacial score (nSPS) is 27.6. The maximum Gasteiger partial charge on any atom is 0.249 e. The second-order valence-corrected chi connectivity index (χ2v) is 5.87. The summed E-state index contributed by atoms with van der Waals surface area (Å²) in [7, 11) is 0. The van der Waals surface area contributed by atoms with Gasteiger partial charge in [0.15, 0.2) is 0 Å². The van der Waals surface area contributed by atoms with E-state index >= 15 is 0 Å². The summed E-state index contributed by atoms with van der Waals surface area (Å²) in [6.45, 7) is 7.94. The Bertz CT molecular complexity index is 357. The average Bonchev–Trinajstić information content (AvgIpc) is 3.14. The molecule has 4 nitrogen and oxygen atoms in total. The molecule has 18 heavy (non-hydrogen) atoms. The third-order valence-corrected chi connectivity index (χ3v) is 4.41. The van der Waals surface area contributed by atoms with Crippen molar-refractivity contribution in [2.45, 2.75) is 71.0 Å². The van der Waals surface area contributed by atoms with Gasteiger partial charge in [-0.3, -0.25) is 9.59 Å². The lowest BCUT2D eigenvalue weighted by molar-refractivity contribution is -0.158. The molecule has 1 aliphatic heterocycles. The fourth-order valence-electron chi connectivity index (χ4n) is 3.00. The van der Waals surface area contributed by atoms with E-state index in [9.17, 15) is 9.59 Å². The van der Waals surface area contributed by atoms with Gasteiger partial charge in [0.05, 0.1) is 0 Å². The van der Waals surface area contributed by atoms with Crippen LogP contribution in [-0.4, -0.2) is 34.3 Å². The van der Waals surface area contributed by atoms with Gasteiger partial charge in [0.2, 0.25) is 11.8 Å². The average molecular weight is 252 g/mol. The number of nitrogens with zero attached hydrogens (tertiary/aromatic N) is 1. The van der Waals surface area contributed by atoms with Crippen LogP contribution in [0.1, 0.15) is 53.4 Å². The summed E-state index contributed by atoms with van der Waals surface area (Å²) < 4.78 is 0. The minimum Gasteiger partial charge on any atom is -0.340 e. The van der Waals surface area contributed by atoms with Gasteiger partial charge in [-0.1, -0.05) is 13.8 Å². The number of rotatable bonds is 4. The molecule has 1 aliphatic carbocycles. The summed E-state index contributed by atoms with van der Waals surface area (Å²) >= 11 is 0. The van der Waals surface area contributed by atoms with Crippen LogP contribution < -0.4 is 5.32 Å². The topological polar surface area (TPSA) is 49.4 Å². The van der Waals surface area contributed by atoms with Crippen LogP contribution in [0.25, 0.3) is 0 Å². The lowest BCUT2D eigenvalue weighted by Crippen LogP contribution is -2.71. The molecular formula is C14H24N2O2. The molecule has 2 aliphatic rings. The zero-order chi connectivity index (χ0) is 13.5. The van der Waals surface area contributed by atoms with Gasteiger partial charge in [-0.2, -0.15) is 0 Å². The van der Waals surface area contributed by atoms with E-state index in [1.165, 1.54) is 0 Å². The first kappa shape index (κ1) is 13.4. The molecule has 1 N–H and O–H groups in total. The van der Waals surface area contributed by atoms with Crippen molar-refractivity contribution in [3.63, 3.8) is 0 Å². The van der Waals surface area contributed by atoms with E-state index in [1.807, 2.05) is 32.6 Å². The molecule has 2 amide bonds. The minimum absolute atomic E-state index is 0.0505. The minimum atomic E-state index is -0.674. The van der Waals surface area contributed by atoms with Gasteiger partial charge in [0.1, 0.15) is 11.6 Å². The van der Waals surface area contributed by atoms with E-state index < -0.39 is 5.54 Å². The highest BCUT2D eigenvalue weighted by Gasteiger charge is 2.53. The fraction of sp³-hybridized carbons (Fsp3) is 0.857. The number of amides is 2. The van der Waals surface area contributed by atoms with Gasteiger partial charge in [0, 0.05) is 6.04 Å². The van der Waals surface area contributed by atoms with E-state index in [-0.39, 0.29) is 23.9 Å². The number of hydrogen-bond acceptors (Lipinski definition) is 2. The van der Waals surface area contributed by atoms with E-state index in [1.54, 1.807) is 0 Å². The Labute approximate surface area is 109 Å². The highest BCUT2D eigenvalue weighted by Crippen LogP contribution is 2.39. The summed E-state index contributed by atoms with van der Waals surface area (Å²) in [5, 5.41) is 3.01. The highest BCUT2D eigenvalue weighted by atomic mass is 16.2. The summed E-state index contributed by atoms with van der Waals surface area (Å²) in [5.74, 6) is 0.538. The monoisotopic (exact) mass is 252 g/mol. The SMILES string of the molecule is CCC1(CC)NC(=O)C(C2CC2)N(C(C)C)C1=O. The highest BCUT2D eigenvalue weighted by molar-refractivity contribution is 6.00. The third-order valence-electron chi connectivity index (χ3n) is 4.41. The lowest BCUT2D eigenvalue weighted by atomic mass is 9.85. The summed E-state index contributed by atoms with van der Waals surface area (Å²) in [6.07, 6.45) is 3.46. The Morgan fingerprint density at radius 3 is 2.22 bits per heavy atom. The number of carbonyl (C=O) groups is 2. The Morgan fingerprint density at radius 2 is 1.83 bits per heavy atom. The van der Waals surface area contributed by atoms with Crippen molar-refractivity contribution < 1.29 is 9.59 Å². The molecule has 1 saturated heterocycles. The first-order valence-electron chi connectivity index (χ1n) is 7.11. The predicted octanol–water partition coefficient (Wildman–Crippen LogP) is 1.69. The van der Waals surface area contributed by atoms with E-state index in [2.05, 4.69) is 5.32 Å². The Kier molecular flexibility index (Phi) is 3.39. The predicted molar refractivity (Wildman–Crippen MR) is 69.9 cm³/mol. The van der Waals surface area contributed by atoms with Crippen LogP contribution in [0.15, 0.2) is 0 Å². The molecule has 0 aromatic heterocycles. The first-order chi connectivity index (χ1) is 8.46. The summed E-state index contributed by atoms with van der Waals surface area (Å²) in [4.78, 5) is 27.0. The molecule has 0 aromatic carbocycles. The molecular weight excluding hydrogens is 228 g/mol. The quantitative estimate of drug-likeness (QED) is 0.827. The van der Waals surface area contributed by atoms with Crippen LogP contribution in [-0.2, 0) is 9.59 Å². The van der Waals surface area contributed by atoms with Gasteiger partial charge < -0.3 is 10.2 Å². The third kappa shape index (κ3) is 1.91. The largest absolute Gasteiger partial charge is 0.340 e. The maximum atomic E-state index is 12.8. The Balaban J connectivity index is 2.35. The van der Waals surface area contributed by atoms with E-state index in [0.29, 0.717) is 18.8 Å². The molecule has 1 saturated carbocycles. The second kappa shape index (κ2) is 4.56. The van der Waals surface area contributed by atoms with Gasteiger partial charge in [-0.05, 0) is 45.4 Å². The molecule has 0 spiro atoms. The zero-order valence-electron chi connectivity index (χ0n) is 11.8. The molecule has 4 heteroatoms. The zero-order valence-corrected chi connectivity index (χ0v) is 11.8. The van der Waals surface area contributed by atoms with Crippen molar-refractivity contribution in [1.82, 2.24) is 10.2 Å². The molecule has 2 rings (SSSR count). The summed E-state index contributed by atoms with van der Waals surface area (Å²) in [5.41, 5.74) is -0.674. The number of carbonyl (C=O) groups excluding carboxylic acids is 2. The van der Waals surface area contributed by atoms with Crippen molar-refractivity contribution in [2.75, 3.05) is 0 Å². The molecule has 1 atom stereocenters. The standard InChI is InChI=1S/C14H24N2O2/c1-5-14(6-2)13(18)16(9(3)4)11(10-7-8-10)12(17)15-14/h9-11H,5-8H2,1-4H3,(H,15,17). The van der Waals surface area contributed by atoms with Crippen molar-refractivity contribution in [3.05, 3.63) is 0 Å². The van der Waals surface area contributed by atoms with E-state index in [0.717, 1.165) is 12.8 Å². The second-order valence-electron chi connectivity index (χ2n) is 5.87. The van der Waals surface area contributed by atoms with E-state index in [4.69, 9.17) is 0 Å². The smallest absolute Gasteiger partial charge is 0.249 e.